The zero-order valence-electron chi connectivity index (χ0n) is 7.33. The van der Waals surface area contributed by atoms with E-state index in [2.05, 4.69) is 41.7 Å². The summed E-state index contributed by atoms with van der Waals surface area (Å²) in [5.41, 5.74) is 6.75. The number of fused-ring (bicyclic) bond motifs is 1. The van der Waals surface area contributed by atoms with Crippen molar-refractivity contribution in [1.82, 2.24) is 5.43 Å². The fourth-order valence-electron chi connectivity index (χ4n) is 1.53. The number of nitrogens with one attached hydrogen (secondary N) is 1. The summed E-state index contributed by atoms with van der Waals surface area (Å²) >= 11 is 0. The van der Waals surface area contributed by atoms with Gasteiger partial charge >= 0.3 is 0 Å². The second kappa shape index (κ2) is 2.63. The van der Waals surface area contributed by atoms with Crippen molar-refractivity contribution in [3.05, 3.63) is 35.4 Å². The van der Waals surface area contributed by atoms with Gasteiger partial charge in [0.1, 0.15) is 0 Å². The third kappa shape index (κ3) is 0.998. The van der Waals surface area contributed by atoms with Crippen LogP contribution in [0, 0.1) is 0 Å². The van der Waals surface area contributed by atoms with Crippen LogP contribution in [-0.4, -0.2) is 5.71 Å². The predicted molar refractivity (Wildman–Crippen MR) is 50.2 cm³/mol. The topological polar surface area (TPSA) is 24.4 Å². The van der Waals surface area contributed by atoms with Crippen LogP contribution in [0.5, 0.6) is 0 Å². The van der Waals surface area contributed by atoms with Gasteiger partial charge in [-0.2, -0.15) is 5.10 Å². The lowest BCUT2D eigenvalue weighted by atomic mass is 9.98. The van der Waals surface area contributed by atoms with E-state index in [9.17, 15) is 0 Å². The van der Waals surface area contributed by atoms with E-state index in [1.165, 1.54) is 11.1 Å². The van der Waals surface area contributed by atoms with Gasteiger partial charge in [-0.3, -0.25) is 0 Å². The van der Waals surface area contributed by atoms with Crippen LogP contribution < -0.4 is 5.43 Å². The molecule has 0 saturated carbocycles. The van der Waals surface area contributed by atoms with Crippen LogP contribution in [0.3, 0.4) is 0 Å². The molecule has 0 fully saturated rings. The van der Waals surface area contributed by atoms with Gasteiger partial charge in [-0.05, 0) is 19.4 Å². The molecule has 0 unspecified atom stereocenters. The fourth-order valence-corrected chi connectivity index (χ4v) is 1.53. The van der Waals surface area contributed by atoms with Gasteiger partial charge in [0.25, 0.3) is 0 Å². The van der Waals surface area contributed by atoms with Gasteiger partial charge in [0.2, 0.25) is 0 Å². The predicted octanol–water partition coefficient (Wildman–Crippen LogP) is 2.07. The molecule has 1 N–H and O–H groups in total. The Balaban J connectivity index is 2.58. The first kappa shape index (κ1) is 7.35. The van der Waals surface area contributed by atoms with Crippen LogP contribution in [0.4, 0.5) is 0 Å². The lowest BCUT2D eigenvalue weighted by Crippen LogP contribution is -2.22. The molecule has 0 saturated heterocycles. The molecule has 62 valence electrons. The number of benzene rings is 1. The van der Waals surface area contributed by atoms with Crippen molar-refractivity contribution in [3.63, 3.8) is 0 Å². The van der Waals surface area contributed by atoms with Crippen LogP contribution in [0.1, 0.15) is 31.0 Å². The second-order valence-electron chi connectivity index (χ2n) is 3.14. The van der Waals surface area contributed by atoms with E-state index in [0.29, 0.717) is 6.04 Å². The quantitative estimate of drug-likeness (QED) is 0.617. The van der Waals surface area contributed by atoms with Crippen molar-refractivity contribution in [2.45, 2.75) is 19.9 Å². The molecule has 0 aliphatic carbocycles. The second-order valence-corrected chi connectivity index (χ2v) is 3.14. The van der Waals surface area contributed by atoms with Gasteiger partial charge < -0.3 is 5.43 Å². The highest BCUT2D eigenvalue weighted by atomic mass is 15.3. The van der Waals surface area contributed by atoms with Gasteiger partial charge in [0.05, 0.1) is 11.8 Å². The molecule has 1 aromatic rings. The zero-order valence-corrected chi connectivity index (χ0v) is 7.33. The van der Waals surface area contributed by atoms with Crippen molar-refractivity contribution in [3.8, 4) is 0 Å². The summed E-state index contributed by atoms with van der Waals surface area (Å²) in [7, 11) is 0. The summed E-state index contributed by atoms with van der Waals surface area (Å²) in [6, 6.07) is 8.72. The van der Waals surface area contributed by atoms with E-state index >= 15 is 0 Å². The van der Waals surface area contributed by atoms with Gasteiger partial charge in [-0.1, -0.05) is 24.3 Å². The molecule has 2 heteroatoms. The van der Waals surface area contributed by atoms with Gasteiger partial charge in [-0.25, -0.2) is 0 Å². The first-order valence-corrected chi connectivity index (χ1v) is 4.18. The Morgan fingerprint density at radius 2 is 2.08 bits per heavy atom. The molecule has 2 rings (SSSR count). The van der Waals surface area contributed by atoms with E-state index in [0.717, 1.165) is 5.71 Å². The minimum atomic E-state index is 0.338. The Labute approximate surface area is 72.3 Å². The summed E-state index contributed by atoms with van der Waals surface area (Å²) in [5, 5.41) is 4.22. The monoisotopic (exact) mass is 160 g/mol. The Morgan fingerprint density at radius 3 is 2.83 bits per heavy atom. The van der Waals surface area contributed by atoms with Crippen molar-refractivity contribution in [2.75, 3.05) is 0 Å². The summed E-state index contributed by atoms with van der Waals surface area (Å²) in [6.07, 6.45) is 0. The van der Waals surface area contributed by atoms with Crippen molar-refractivity contribution in [1.29, 1.82) is 0 Å². The molecule has 1 aliphatic heterocycles. The van der Waals surface area contributed by atoms with E-state index in [1.54, 1.807) is 0 Å². The summed E-state index contributed by atoms with van der Waals surface area (Å²) in [4.78, 5) is 0. The van der Waals surface area contributed by atoms with E-state index in [-0.39, 0.29) is 0 Å². The Kier molecular flexibility index (Phi) is 1.61. The maximum absolute atomic E-state index is 4.22. The third-order valence-electron chi connectivity index (χ3n) is 2.24. The molecule has 12 heavy (non-hydrogen) atoms. The molecule has 0 spiro atoms. The highest BCUT2D eigenvalue weighted by molar-refractivity contribution is 6.00. The SMILES string of the molecule is CC1=NN[C@@H](C)c2ccccc21. The highest BCUT2D eigenvalue weighted by Crippen LogP contribution is 2.21. The minimum Gasteiger partial charge on any atom is -0.303 e. The van der Waals surface area contributed by atoms with Gasteiger partial charge in [0.15, 0.2) is 0 Å². The largest absolute Gasteiger partial charge is 0.303 e. The molecule has 1 heterocycles. The minimum absolute atomic E-state index is 0.338. The standard InChI is InChI=1S/C10H12N2/c1-7-9-5-3-4-6-10(9)8(2)12-11-7/h3-7,11H,1-2H3/t7-/m0/s1. The summed E-state index contributed by atoms with van der Waals surface area (Å²) in [6.45, 7) is 4.15. The molecule has 0 amide bonds. The number of hydrazone groups is 1. The lowest BCUT2D eigenvalue weighted by molar-refractivity contribution is 0.593. The first-order chi connectivity index (χ1) is 5.79. The molecule has 0 radical (unpaired) electrons. The molecule has 0 aromatic heterocycles. The number of hydrogen-bond donors (Lipinski definition) is 1. The average molecular weight is 160 g/mol. The first-order valence-electron chi connectivity index (χ1n) is 4.18. The molecule has 1 aromatic carbocycles. The number of hydrogen-bond acceptors (Lipinski definition) is 2. The molecule has 0 bridgehead atoms. The maximum Gasteiger partial charge on any atom is 0.0667 e. The van der Waals surface area contributed by atoms with Crippen molar-refractivity contribution >= 4 is 5.71 Å². The Morgan fingerprint density at radius 1 is 1.33 bits per heavy atom. The number of nitrogens with zero attached hydrogens (tertiary/aromatic N) is 1. The van der Waals surface area contributed by atoms with Crippen LogP contribution >= 0.6 is 0 Å². The molecule has 2 nitrogen and oxygen atoms in total. The lowest BCUT2D eigenvalue weighted by Gasteiger charge is -2.21. The average Bonchev–Trinajstić information content (AvgIpc) is 2.12. The van der Waals surface area contributed by atoms with Crippen LogP contribution in [0.25, 0.3) is 0 Å². The van der Waals surface area contributed by atoms with Gasteiger partial charge in [-0.15, -0.1) is 0 Å². The summed E-state index contributed by atoms with van der Waals surface area (Å²) in [5.74, 6) is 0. The maximum atomic E-state index is 4.22. The van der Waals surface area contributed by atoms with Crippen molar-refractivity contribution in [2.24, 2.45) is 5.10 Å². The Hall–Kier alpha value is -1.31. The van der Waals surface area contributed by atoms with Gasteiger partial charge in [0, 0.05) is 5.56 Å². The molecule has 1 aliphatic rings. The highest BCUT2D eigenvalue weighted by Gasteiger charge is 2.14. The molecular formula is C10H12N2. The van der Waals surface area contributed by atoms with Crippen LogP contribution in [0.2, 0.25) is 0 Å². The molecular weight excluding hydrogens is 148 g/mol. The van der Waals surface area contributed by atoms with Crippen molar-refractivity contribution < 1.29 is 0 Å². The fraction of sp³-hybridized carbons (Fsp3) is 0.300. The third-order valence-corrected chi connectivity index (χ3v) is 2.24. The smallest absolute Gasteiger partial charge is 0.0667 e. The normalized spacial score (nSPS) is 20.8. The van der Waals surface area contributed by atoms with Crippen LogP contribution in [-0.2, 0) is 0 Å². The Bertz CT molecular complexity index is 328. The molecule has 1 atom stereocenters. The summed E-state index contributed by atoms with van der Waals surface area (Å²) < 4.78 is 0. The van der Waals surface area contributed by atoms with E-state index in [1.807, 2.05) is 6.92 Å². The number of rotatable bonds is 0. The zero-order chi connectivity index (χ0) is 8.55. The van der Waals surface area contributed by atoms with Crippen LogP contribution in [0.15, 0.2) is 29.4 Å². The van der Waals surface area contributed by atoms with E-state index < -0.39 is 0 Å². The van der Waals surface area contributed by atoms with E-state index in [4.69, 9.17) is 0 Å².